The van der Waals surface area contributed by atoms with E-state index in [4.69, 9.17) is 5.73 Å². The maximum atomic E-state index is 11.8. The van der Waals surface area contributed by atoms with E-state index < -0.39 is 5.54 Å². The molecule has 3 N–H and O–H groups in total. The Morgan fingerprint density at radius 2 is 1.79 bits per heavy atom. The van der Waals surface area contributed by atoms with Crippen LogP contribution in [0.3, 0.4) is 0 Å². The van der Waals surface area contributed by atoms with Crippen molar-refractivity contribution in [1.29, 1.82) is 0 Å². The molecule has 0 saturated carbocycles. The van der Waals surface area contributed by atoms with Gasteiger partial charge in [-0.1, -0.05) is 15.9 Å². The maximum Gasteiger partial charge on any atom is 0.239 e. The summed E-state index contributed by atoms with van der Waals surface area (Å²) in [6, 6.07) is 8.15. The molecule has 0 bridgehead atoms. The predicted molar refractivity (Wildman–Crippen MR) is 85.4 cm³/mol. The van der Waals surface area contributed by atoms with Gasteiger partial charge >= 0.3 is 0 Å². The van der Waals surface area contributed by atoms with E-state index in [9.17, 15) is 4.79 Å². The largest absolute Gasteiger partial charge is 0.353 e. The molecule has 106 valence electrons. The molecule has 1 aromatic carbocycles. The topological polar surface area (TPSA) is 55.1 Å². The molecule has 0 spiro atoms. The molecule has 0 fully saturated rings. The first kappa shape index (κ1) is 16.5. The lowest BCUT2D eigenvalue weighted by atomic mass is 10.1. The Morgan fingerprint density at radius 1 is 1.26 bits per heavy atom. The van der Waals surface area contributed by atoms with Gasteiger partial charge in [-0.15, -0.1) is 11.8 Å². The summed E-state index contributed by atoms with van der Waals surface area (Å²) in [5.74, 6) is -0.128. The number of halogens is 1. The Kier molecular flexibility index (Phi) is 5.47. The first-order chi connectivity index (χ1) is 8.60. The monoisotopic (exact) mass is 344 g/mol. The summed E-state index contributed by atoms with van der Waals surface area (Å²) in [6.07, 6.45) is 0. The maximum absolute atomic E-state index is 11.8. The van der Waals surface area contributed by atoms with Gasteiger partial charge in [0.25, 0.3) is 0 Å². The normalized spacial score (nSPS) is 12.3. The first-order valence-corrected chi connectivity index (χ1v) is 7.73. The molecule has 5 heteroatoms. The molecule has 1 aromatic rings. The molecule has 0 radical (unpaired) electrons. The minimum absolute atomic E-state index is 0.0886. The van der Waals surface area contributed by atoms with Gasteiger partial charge in [0.05, 0.1) is 5.54 Å². The molecule has 0 aliphatic rings. The van der Waals surface area contributed by atoms with Crippen molar-refractivity contribution in [2.75, 3.05) is 6.54 Å². The molecule has 0 aromatic heterocycles. The van der Waals surface area contributed by atoms with E-state index >= 15 is 0 Å². The molecule has 0 atom stereocenters. The Labute approximate surface area is 127 Å². The highest BCUT2D eigenvalue weighted by molar-refractivity contribution is 9.10. The Bertz CT molecular complexity index is 438. The van der Waals surface area contributed by atoms with E-state index in [0.29, 0.717) is 6.54 Å². The van der Waals surface area contributed by atoms with Crippen LogP contribution in [-0.2, 0) is 4.79 Å². The van der Waals surface area contributed by atoms with E-state index in [-0.39, 0.29) is 10.7 Å². The van der Waals surface area contributed by atoms with Crippen molar-refractivity contribution in [3.63, 3.8) is 0 Å². The van der Waals surface area contributed by atoms with Crippen LogP contribution in [0.5, 0.6) is 0 Å². The number of hydrogen-bond acceptors (Lipinski definition) is 3. The molecule has 3 nitrogen and oxygen atoms in total. The van der Waals surface area contributed by atoms with Gasteiger partial charge in [-0.05, 0) is 52.0 Å². The van der Waals surface area contributed by atoms with Crippen molar-refractivity contribution in [2.24, 2.45) is 5.73 Å². The lowest BCUT2D eigenvalue weighted by molar-refractivity contribution is -0.125. The van der Waals surface area contributed by atoms with E-state index in [1.165, 1.54) is 4.90 Å². The quantitative estimate of drug-likeness (QED) is 0.806. The van der Waals surface area contributed by atoms with Gasteiger partial charge in [-0.25, -0.2) is 0 Å². The standard InChI is InChI=1S/C14H21BrN2OS/c1-13(2,9-17-12(18)14(3,4)16)19-11-7-5-10(15)6-8-11/h5-8H,9,16H2,1-4H3,(H,17,18). The highest BCUT2D eigenvalue weighted by Crippen LogP contribution is 2.32. The third-order valence-corrected chi connectivity index (χ3v) is 4.20. The second-order valence-corrected chi connectivity index (χ2v) is 8.42. The molecular weight excluding hydrogens is 324 g/mol. The SMILES string of the molecule is CC(C)(CNC(=O)C(C)(C)N)Sc1ccc(Br)cc1. The zero-order valence-electron chi connectivity index (χ0n) is 11.8. The minimum atomic E-state index is -0.835. The van der Waals surface area contributed by atoms with Crippen molar-refractivity contribution in [1.82, 2.24) is 5.32 Å². The van der Waals surface area contributed by atoms with Gasteiger partial charge in [0.15, 0.2) is 0 Å². The fourth-order valence-electron chi connectivity index (χ4n) is 1.38. The van der Waals surface area contributed by atoms with E-state index in [0.717, 1.165) is 4.47 Å². The minimum Gasteiger partial charge on any atom is -0.353 e. The Morgan fingerprint density at radius 3 is 2.26 bits per heavy atom. The number of nitrogens with two attached hydrogens (primary N) is 1. The Hall–Kier alpha value is -0.520. The van der Waals surface area contributed by atoms with Crippen LogP contribution >= 0.6 is 27.7 Å². The molecule has 0 heterocycles. The molecule has 0 aliphatic heterocycles. The molecule has 0 aliphatic carbocycles. The van der Waals surface area contributed by atoms with E-state index in [1.807, 2.05) is 12.1 Å². The molecule has 0 unspecified atom stereocenters. The highest BCUT2D eigenvalue weighted by atomic mass is 79.9. The number of benzene rings is 1. The zero-order chi connectivity index (χ0) is 14.7. The van der Waals surface area contributed by atoms with Crippen molar-refractivity contribution < 1.29 is 4.79 Å². The summed E-state index contributed by atoms with van der Waals surface area (Å²) in [4.78, 5) is 12.9. The summed E-state index contributed by atoms with van der Waals surface area (Å²) < 4.78 is 0.974. The third kappa shape index (κ3) is 5.97. The fourth-order valence-corrected chi connectivity index (χ4v) is 2.70. The third-order valence-electron chi connectivity index (χ3n) is 2.47. The summed E-state index contributed by atoms with van der Waals surface area (Å²) in [7, 11) is 0. The van der Waals surface area contributed by atoms with Crippen molar-refractivity contribution in [2.45, 2.75) is 42.9 Å². The van der Waals surface area contributed by atoms with Gasteiger partial charge in [0, 0.05) is 20.7 Å². The van der Waals surface area contributed by atoms with Crippen LogP contribution in [0.25, 0.3) is 0 Å². The van der Waals surface area contributed by atoms with Crippen molar-refractivity contribution >= 4 is 33.6 Å². The Balaban J connectivity index is 2.57. The molecule has 1 rings (SSSR count). The predicted octanol–water partition coefficient (Wildman–Crippen LogP) is 3.17. The first-order valence-electron chi connectivity index (χ1n) is 6.12. The number of hydrogen-bond donors (Lipinski definition) is 2. The average Bonchev–Trinajstić information content (AvgIpc) is 2.27. The van der Waals surface area contributed by atoms with E-state index in [1.54, 1.807) is 25.6 Å². The smallest absolute Gasteiger partial charge is 0.239 e. The fraction of sp³-hybridized carbons (Fsp3) is 0.500. The van der Waals surface area contributed by atoms with Gasteiger partial charge in [-0.3, -0.25) is 4.79 Å². The lowest BCUT2D eigenvalue weighted by Gasteiger charge is -2.27. The summed E-state index contributed by atoms with van der Waals surface area (Å²) in [5, 5.41) is 2.90. The molecule has 0 saturated heterocycles. The second kappa shape index (κ2) is 6.29. The van der Waals surface area contributed by atoms with Crippen LogP contribution in [0.4, 0.5) is 0 Å². The molecule has 19 heavy (non-hydrogen) atoms. The van der Waals surface area contributed by atoms with Gasteiger partial charge in [0.2, 0.25) is 5.91 Å². The van der Waals surface area contributed by atoms with Gasteiger partial charge < -0.3 is 11.1 Å². The van der Waals surface area contributed by atoms with Crippen molar-refractivity contribution in [3.8, 4) is 0 Å². The van der Waals surface area contributed by atoms with Crippen LogP contribution in [0.15, 0.2) is 33.6 Å². The number of nitrogens with one attached hydrogen (secondary N) is 1. The lowest BCUT2D eigenvalue weighted by Crippen LogP contribution is -2.51. The zero-order valence-corrected chi connectivity index (χ0v) is 14.2. The van der Waals surface area contributed by atoms with Crippen LogP contribution in [0.2, 0.25) is 0 Å². The van der Waals surface area contributed by atoms with Gasteiger partial charge in [-0.2, -0.15) is 0 Å². The summed E-state index contributed by atoms with van der Waals surface area (Å²) >= 11 is 5.15. The van der Waals surface area contributed by atoms with Crippen molar-refractivity contribution in [3.05, 3.63) is 28.7 Å². The summed E-state index contributed by atoms with van der Waals surface area (Å²) in [6.45, 7) is 8.19. The number of thioether (sulfide) groups is 1. The number of carbonyl (C=O) groups excluding carboxylic acids is 1. The number of carbonyl (C=O) groups is 1. The number of rotatable bonds is 5. The van der Waals surface area contributed by atoms with Crippen LogP contribution in [-0.4, -0.2) is 22.7 Å². The molecule has 1 amide bonds. The molecular formula is C14H21BrN2OS. The average molecular weight is 345 g/mol. The number of amides is 1. The van der Waals surface area contributed by atoms with Crippen LogP contribution in [0, 0.1) is 0 Å². The second-order valence-electron chi connectivity index (χ2n) is 5.72. The van der Waals surface area contributed by atoms with E-state index in [2.05, 4.69) is 47.2 Å². The summed E-state index contributed by atoms with van der Waals surface area (Å²) in [5.41, 5.74) is 4.92. The van der Waals surface area contributed by atoms with Crippen LogP contribution < -0.4 is 11.1 Å². The van der Waals surface area contributed by atoms with Crippen LogP contribution in [0.1, 0.15) is 27.7 Å². The van der Waals surface area contributed by atoms with Gasteiger partial charge in [0.1, 0.15) is 0 Å². The highest BCUT2D eigenvalue weighted by Gasteiger charge is 2.25.